The molecule has 0 aliphatic heterocycles. The average molecular weight is 294 g/mol. The van der Waals surface area contributed by atoms with Crippen molar-refractivity contribution in [3.63, 3.8) is 0 Å². The Hall–Kier alpha value is -3.08. The standard InChI is InChI=1S/C17H14N2O3/c1-18-16(20)14-11-19(15-10-6-5-9-13(14)15)17(21)22-12-7-3-2-4-8-12/h2-11H,1H3,(H,18,20). The Kier molecular flexibility index (Phi) is 3.62. The van der Waals surface area contributed by atoms with Gasteiger partial charge >= 0.3 is 6.09 Å². The minimum Gasteiger partial charge on any atom is -0.410 e. The van der Waals surface area contributed by atoms with Crippen LogP contribution in [0.2, 0.25) is 0 Å². The van der Waals surface area contributed by atoms with Gasteiger partial charge in [0.25, 0.3) is 5.91 Å². The number of benzene rings is 2. The van der Waals surface area contributed by atoms with Gasteiger partial charge in [-0.3, -0.25) is 9.36 Å². The average Bonchev–Trinajstić information content (AvgIpc) is 2.95. The Labute approximate surface area is 127 Å². The van der Waals surface area contributed by atoms with Crippen LogP contribution in [0.1, 0.15) is 10.4 Å². The molecule has 2 aromatic carbocycles. The molecule has 1 aromatic heterocycles. The van der Waals surface area contributed by atoms with Crippen LogP contribution in [-0.4, -0.2) is 23.6 Å². The van der Waals surface area contributed by atoms with Gasteiger partial charge in [-0.15, -0.1) is 0 Å². The van der Waals surface area contributed by atoms with Crippen LogP contribution in [0.3, 0.4) is 0 Å². The molecule has 22 heavy (non-hydrogen) atoms. The van der Waals surface area contributed by atoms with E-state index in [0.29, 0.717) is 22.2 Å². The fourth-order valence-corrected chi connectivity index (χ4v) is 2.28. The van der Waals surface area contributed by atoms with Crippen LogP contribution in [0.15, 0.2) is 60.8 Å². The van der Waals surface area contributed by atoms with Crippen LogP contribution < -0.4 is 10.1 Å². The molecule has 0 radical (unpaired) electrons. The molecule has 3 rings (SSSR count). The molecule has 0 fully saturated rings. The van der Waals surface area contributed by atoms with E-state index >= 15 is 0 Å². The predicted octanol–water partition coefficient (Wildman–Crippen LogP) is 3.05. The first-order valence-corrected chi connectivity index (χ1v) is 6.80. The van der Waals surface area contributed by atoms with Crippen LogP contribution in [0, 0.1) is 0 Å². The number of rotatable bonds is 2. The number of aromatic nitrogens is 1. The SMILES string of the molecule is CNC(=O)c1cn(C(=O)Oc2ccccc2)c2ccccc12. The van der Waals surface area contributed by atoms with E-state index in [1.807, 2.05) is 18.2 Å². The molecule has 0 saturated heterocycles. The first kappa shape index (κ1) is 13.9. The van der Waals surface area contributed by atoms with E-state index in [1.54, 1.807) is 43.4 Å². The summed E-state index contributed by atoms with van der Waals surface area (Å²) in [4.78, 5) is 24.3. The zero-order chi connectivity index (χ0) is 15.5. The summed E-state index contributed by atoms with van der Waals surface area (Å²) in [7, 11) is 1.55. The Morgan fingerprint density at radius 2 is 1.68 bits per heavy atom. The quantitative estimate of drug-likeness (QED) is 0.790. The highest BCUT2D eigenvalue weighted by Crippen LogP contribution is 2.22. The van der Waals surface area contributed by atoms with Gasteiger partial charge in [-0.1, -0.05) is 36.4 Å². The molecule has 0 saturated carbocycles. The fourth-order valence-electron chi connectivity index (χ4n) is 2.28. The monoisotopic (exact) mass is 294 g/mol. The van der Waals surface area contributed by atoms with E-state index in [4.69, 9.17) is 4.74 Å². The summed E-state index contributed by atoms with van der Waals surface area (Å²) in [6.07, 6.45) is 0.937. The second kappa shape index (κ2) is 5.73. The summed E-state index contributed by atoms with van der Waals surface area (Å²) in [6.45, 7) is 0. The fraction of sp³-hybridized carbons (Fsp3) is 0.0588. The largest absolute Gasteiger partial charge is 0.423 e. The highest BCUT2D eigenvalue weighted by molar-refractivity contribution is 6.08. The van der Waals surface area contributed by atoms with Crippen molar-refractivity contribution in [3.8, 4) is 5.75 Å². The maximum absolute atomic E-state index is 12.4. The number of carbonyl (C=O) groups excluding carboxylic acids is 2. The molecule has 0 spiro atoms. The summed E-state index contributed by atoms with van der Waals surface area (Å²) >= 11 is 0. The van der Waals surface area contributed by atoms with Crippen LogP contribution in [0.4, 0.5) is 4.79 Å². The van der Waals surface area contributed by atoms with Gasteiger partial charge in [0.05, 0.1) is 11.1 Å². The Balaban J connectivity index is 2.03. The van der Waals surface area contributed by atoms with Crippen molar-refractivity contribution in [1.29, 1.82) is 0 Å². The van der Waals surface area contributed by atoms with Gasteiger partial charge in [-0.25, -0.2) is 4.79 Å². The highest BCUT2D eigenvalue weighted by Gasteiger charge is 2.18. The molecular weight excluding hydrogens is 280 g/mol. The number of ether oxygens (including phenoxy) is 1. The predicted molar refractivity (Wildman–Crippen MR) is 83.2 cm³/mol. The topological polar surface area (TPSA) is 60.3 Å². The minimum absolute atomic E-state index is 0.248. The second-order valence-electron chi connectivity index (χ2n) is 4.69. The van der Waals surface area contributed by atoms with Gasteiger partial charge in [0.15, 0.2) is 0 Å². The van der Waals surface area contributed by atoms with E-state index in [1.165, 1.54) is 10.8 Å². The van der Waals surface area contributed by atoms with Crippen molar-refractivity contribution >= 4 is 22.9 Å². The zero-order valence-corrected chi connectivity index (χ0v) is 11.9. The van der Waals surface area contributed by atoms with Crippen molar-refractivity contribution in [1.82, 2.24) is 9.88 Å². The van der Waals surface area contributed by atoms with Crippen molar-refractivity contribution in [3.05, 3.63) is 66.4 Å². The summed E-state index contributed by atoms with van der Waals surface area (Å²) in [5, 5.41) is 3.27. The molecule has 0 aliphatic rings. The van der Waals surface area contributed by atoms with Gasteiger partial charge < -0.3 is 10.1 Å². The third kappa shape index (κ3) is 2.44. The number of carbonyl (C=O) groups is 2. The highest BCUT2D eigenvalue weighted by atomic mass is 16.6. The van der Waals surface area contributed by atoms with E-state index < -0.39 is 6.09 Å². The molecule has 0 atom stereocenters. The van der Waals surface area contributed by atoms with E-state index in [0.717, 1.165) is 0 Å². The number of amides is 1. The lowest BCUT2D eigenvalue weighted by atomic mass is 10.2. The third-order valence-corrected chi connectivity index (χ3v) is 3.33. The molecule has 5 nitrogen and oxygen atoms in total. The second-order valence-corrected chi connectivity index (χ2v) is 4.69. The lowest BCUT2D eigenvalue weighted by Gasteiger charge is -2.05. The van der Waals surface area contributed by atoms with Gasteiger partial charge in [0, 0.05) is 18.6 Å². The number of para-hydroxylation sites is 2. The first-order valence-electron chi connectivity index (χ1n) is 6.80. The van der Waals surface area contributed by atoms with Gasteiger partial charge in [-0.2, -0.15) is 0 Å². The summed E-state index contributed by atoms with van der Waals surface area (Å²) in [5.74, 6) is 0.203. The zero-order valence-electron chi connectivity index (χ0n) is 11.9. The summed E-state index contributed by atoms with van der Waals surface area (Å²) in [6, 6.07) is 16.0. The van der Waals surface area contributed by atoms with Crippen LogP contribution in [-0.2, 0) is 0 Å². The lowest BCUT2D eigenvalue weighted by Crippen LogP contribution is -2.18. The number of fused-ring (bicyclic) bond motifs is 1. The number of hydrogen-bond donors (Lipinski definition) is 1. The number of nitrogens with zero attached hydrogens (tertiary/aromatic N) is 1. The van der Waals surface area contributed by atoms with Crippen molar-refractivity contribution in [2.24, 2.45) is 0 Å². The van der Waals surface area contributed by atoms with Crippen LogP contribution >= 0.6 is 0 Å². The smallest absolute Gasteiger partial charge is 0.410 e. The molecule has 1 amide bonds. The molecular formula is C17H14N2O3. The Bertz CT molecular complexity index is 837. The van der Waals surface area contributed by atoms with Crippen LogP contribution in [0.5, 0.6) is 5.75 Å². The molecule has 5 heteroatoms. The van der Waals surface area contributed by atoms with E-state index in [-0.39, 0.29) is 5.91 Å². The Morgan fingerprint density at radius 3 is 2.41 bits per heavy atom. The number of hydrogen-bond acceptors (Lipinski definition) is 3. The van der Waals surface area contributed by atoms with Crippen LogP contribution in [0.25, 0.3) is 10.9 Å². The maximum atomic E-state index is 12.4. The molecule has 110 valence electrons. The molecule has 0 aliphatic carbocycles. The Morgan fingerprint density at radius 1 is 1.00 bits per heavy atom. The molecule has 1 heterocycles. The van der Waals surface area contributed by atoms with Gasteiger partial charge in [-0.05, 0) is 18.2 Å². The molecule has 3 aromatic rings. The summed E-state index contributed by atoms with van der Waals surface area (Å²) < 4.78 is 6.67. The normalized spacial score (nSPS) is 10.4. The van der Waals surface area contributed by atoms with Gasteiger partial charge in [0.2, 0.25) is 0 Å². The molecule has 1 N–H and O–H groups in total. The third-order valence-electron chi connectivity index (χ3n) is 3.33. The lowest BCUT2D eigenvalue weighted by molar-refractivity contribution is 0.0964. The van der Waals surface area contributed by atoms with Crippen molar-refractivity contribution in [2.75, 3.05) is 7.05 Å². The van der Waals surface area contributed by atoms with Crippen molar-refractivity contribution < 1.29 is 14.3 Å². The molecule has 0 unspecified atom stereocenters. The summed E-state index contributed by atoms with van der Waals surface area (Å²) in [5.41, 5.74) is 1.06. The number of nitrogens with one attached hydrogen (secondary N) is 1. The maximum Gasteiger partial charge on any atom is 0.423 e. The first-order chi connectivity index (χ1) is 10.7. The van der Waals surface area contributed by atoms with E-state index in [2.05, 4.69) is 5.32 Å². The van der Waals surface area contributed by atoms with E-state index in [9.17, 15) is 9.59 Å². The van der Waals surface area contributed by atoms with Crippen molar-refractivity contribution in [2.45, 2.75) is 0 Å². The van der Waals surface area contributed by atoms with Gasteiger partial charge in [0.1, 0.15) is 5.75 Å². The minimum atomic E-state index is -0.558. The molecule has 0 bridgehead atoms.